The van der Waals surface area contributed by atoms with Crippen molar-refractivity contribution in [2.24, 2.45) is 5.92 Å². The maximum absolute atomic E-state index is 6.24. The van der Waals surface area contributed by atoms with E-state index in [4.69, 9.17) is 10.7 Å². The summed E-state index contributed by atoms with van der Waals surface area (Å²) in [5.41, 5.74) is 7.43. The second kappa shape index (κ2) is 4.71. The normalized spacial score (nSPS) is 21.4. The van der Waals surface area contributed by atoms with Crippen LogP contribution in [-0.2, 0) is 19.4 Å². The predicted molar refractivity (Wildman–Crippen MR) is 69.9 cm³/mol. The number of nitrogen functional groups attached to an aromatic ring is 1. The number of aryl methyl sites for hydroxylation is 1. The maximum atomic E-state index is 6.24. The molecule has 3 heteroatoms. The summed E-state index contributed by atoms with van der Waals surface area (Å²) in [6, 6.07) is 0. The molecule has 1 aliphatic carbocycles. The summed E-state index contributed by atoms with van der Waals surface area (Å²) in [5, 5.41) is 0. The predicted octanol–water partition coefficient (Wildman–Crippen LogP) is 2.92. The van der Waals surface area contributed by atoms with Gasteiger partial charge in [0.15, 0.2) is 0 Å². The van der Waals surface area contributed by atoms with Crippen molar-refractivity contribution in [1.29, 1.82) is 0 Å². The zero-order valence-electron chi connectivity index (χ0n) is 10.6. The minimum Gasteiger partial charge on any atom is -0.384 e. The smallest absolute Gasteiger partial charge is 0.126 e. The third-order valence-electron chi connectivity index (χ3n) is 4.40. The zero-order chi connectivity index (χ0) is 11.7. The van der Waals surface area contributed by atoms with Crippen molar-refractivity contribution in [3.63, 3.8) is 0 Å². The van der Waals surface area contributed by atoms with Gasteiger partial charge in [0.2, 0.25) is 0 Å². The van der Waals surface area contributed by atoms with Crippen LogP contribution in [0.1, 0.15) is 56.5 Å². The van der Waals surface area contributed by atoms with E-state index >= 15 is 0 Å². The van der Waals surface area contributed by atoms with Crippen molar-refractivity contribution < 1.29 is 0 Å². The van der Waals surface area contributed by atoms with Crippen LogP contribution >= 0.6 is 0 Å². The highest BCUT2D eigenvalue weighted by Gasteiger charge is 2.21. The average Bonchev–Trinajstić information content (AvgIpc) is 2.68. The Morgan fingerprint density at radius 2 is 1.94 bits per heavy atom. The van der Waals surface area contributed by atoms with Crippen molar-refractivity contribution in [3.05, 3.63) is 11.5 Å². The molecule has 2 heterocycles. The lowest BCUT2D eigenvalue weighted by Gasteiger charge is -2.20. The Morgan fingerprint density at radius 1 is 1.12 bits per heavy atom. The molecule has 1 fully saturated rings. The largest absolute Gasteiger partial charge is 0.384 e. The summed E-state index contributed by atoms with van der Waals surface area (Å²) in [4.78, 5) is 4.78. The molecule has 0 saturated heterocycles. The first-order valence-electron chi connectivity index (χ1n) is 7.18. The van der Waals surface area contributed by atoms with E-state index in [-0.39, 0.29) is 0 Å². The SMILES string of the molecule is Nc1c(CC2CCCCC2)nc2n1CCCC2. The van der Waals surface area contributed by atoms with Crippen molar-refractivity contribution in [3.8, 4) is 0 Å². The minimum absolute atomic E-state index is 0.836. The topological polar surface area (TPSA) is 43.8 Å². The molecule has 3 nitrogen and oxygen atoms in total. The van der Waals surface area contributed by atoms with E-state index in [0.717, 1.165) is 31.1 Å². The van der Waals surface area contributed by atoms with Crippen molar-refractivity contribution in [1.82, 2.24) is 9.55 Å². The van der Waals surface area contributed by atoms with Crippen LogP contribution in [0, 0.1) is 5.92 Å². The molecule has 0 spiro atoms. The fourth-order valence-electron chi connectivity index (χ4n) is 3.38. The number of rotatable bonds is 2. The van der Waals surface area contributed by atoms with Crippen molar-refractivity contribution >= 4 is 5.82 Å². The fraction of sp³-hybridized carbons (Fsp3) is 0.786. The lowest BCUT2D eigenvalue weighted by Crippen LogP contribution is -2.13. The van der Waals surface area contributed by atoms with Crippen LogP contribution in [0.5, 0.6) is 0 Å². The van der Waals surface area contributed by atoms with Gasteiger partial charge in [-0.2, -0.15) is 0 Å². The first kappa shape index (κ1) is 11.1. The number of fused-ring (bicyclic) bond motifs is 1. The second-order valence-electron chi connectivity index (χ2n) is 5.68. The van der Waals surface area contributed by atoms with Gasteiger partial charge in [0, 0.05) is 13.0 Å². The van der Waals surface area contributed by atoms with Gasteiger partial charge in [-0.25, -0.2) is 4.98 Å². The number of aromatic nitrogens is 2. The standard InChI is InChI=1S/C14H23N3/c15-14-12(10-11-6-2-1-3-7-11)16-13-8-4-5-9-17(13)14/h11H,1-10,15H2. The van der Waals surface area contributed by atoms with Gasteiger partial charge in [-0.1, -0.05) is 32.1 Å². The Labute approximate surface area is 103 Å². The number of anilines is 1. The number of imidazole rings is 1. The van der Waals surface area contributed by atoms with Crippen LogP contribution in [0.25, 0.3) is 0 Å². The van der Waals surface area contributed by atoms with Crippen LogP contribution in [0.2, 0.25) is 0 Å². The third-order valence-corrected chi connectivity index (χ3v) is 4.40. The molecule has 0 unspecified atom stereocenters. The van der Waals surface area contributed by atoms with Crippen LogP contribution in [0.4, 0.5) is 5.82 Å². The molecule has 1 aliphatic heterocycles. The molecule has 2 aliphatic rings. The van der Waals surface area contributed by atoms with E-state index in [0.29, 0.717) is 0 Å². The van der Waals surface area contributed by atoms with E-state index < -0.39 is 0 Å². The van der Waals surface area contributed by atoms with Crippen molar-refractivity contribution in [2.75, 3.05) is 5.73 Å². The second-order valence-corrected chi connectivity index (χ2v) is 5.68. The summed E-state index contributed by atoms with van der Waals surface area (Å²) in [6.45, 7) is 1.08. The Morgan fingerprint density at radius 3 is 2.71 bits per heavy atom. The molecule has 2 N–H and O–H groups in total. The first-order chi connectivity index (χ1) is 8.34. The third kappa shape index (κ3) is 2.20. The summed E-state index contributed by atoms with van der Waals surface area (Å²) in [7, 11) is 0. The molecular formula is C14H23N3. The number of nitrogens with zero attached hydrogens (tertiary/aromatic N) is 2. The summed E-state index contributed by atoms with van der Waals surface area (Å²) >= 11 is 0. The maximum Gasteiger partial charge on any atom is 0.126 e. The molecule has 0 atom stereocenters. The van der Waals surface area contributed by atoms with Crippen molar-refractivity contribution in [2.45, 2.75) is 64.3 Å². The lowest BCUT2D eigenvalue weighted by molar-refractivity contribution is 0.355. The van der Waals surface area contributed by atoms with Crippen LogP contribution in [0.3, 0.4) is 0 Å². The van der Waals surface area contributed by atoms with E-state index in [1.165, 1.54) is 56.5 Å². The molecule has 0 radical (unpaired) electrons. The molecule has 3 rings (SSSR count). The highest BCUT2D eigenvalue weighted by Crippen LogP contribution is 2.29. The molecule has 1 aromatic heterocycles. The van der Waals surface area contributed by atoms with Gasteiger partial charge in [-0.15, -0.1) is 0 Å². The van der Waals surface area contributed by atoms with Gasteiger partial charge in [0.05, 0.1) is 5.69 Å². The highest BCUT2D eigenvalue weighted by molar-refractivity contribution is 5.39. The first-order valence-corrected chi connectivity index (χ1v) is 7.18. The zero-order valence-corrected chi connectivity index (χ0v) is 10.6. The van der Waals surface area contributed by atoms with Gasteiger partial charge in [0.1, 0.15) is 11.6 Å². The van der Waals surface area contributed by atoms with Gasteiger partial charge in [0.25, 0.3) is 0 Å². The lowest BCUT2D eigenvalue weighted by atomic mass is 9.86. The number of hydrogen-bond acceptors (Lipinski definition) is 2. The molecule has 0 amide bonds. The average molecular weight is 233 g/mol. The molecule has 0 bridgehead atoms. The monoisotopic (exact) mass is 233 g/mol. The van der Waals surface area contributed by atoms with E-state index in [1.807, 2.05) is 0 Å². The van der Waals surface area contributed by atoms with E-state index in [1.54, 1.807) is 0 Å². The molecule has 17 heavy (non-hydrogen) atoms. The van der Waals surface area contributed by atoms with Crippen LogP contribution in [0.15, 0.2) is 0 Å². The number of hydrogen-bond donors (Lipinski definition) is 1. The minimum atomic E-state index is 0.836. The summed E-state index contributed by atoms with van der Waals surface area (Å²) in [6.07, 6.45) is 11.8. The molecule has 94 valence electrons. The molecule has 1 saturated carbocycles. The van der Waals surface area contributed by atoms with Crippen LogP contribution < -0.4 is 5.73 Å². The van der Waals surface area contributed by atoms with Gasteiger partial charge < -0.3 is 10.3 Å². The molecule has 0 aromatic carbocycles. The van der Waals surface area contributed by atoms with Gasteiger partial charge in [-0.05, 0) is 25.2 Å². The van der Waals surface area contributed by atoms with E-state index in [2.05, 4.69) is 4.57 Å². The summed E-state index contributed by atoms with van der Waals surface area (Å²) < 4.78 is 2.25. The molecule has 1 aromatic rings. The fourth-order valence-corrected chi connectivity index (χ4v) is 3.38. The van der Waals surface area contributed by atoms with Gasteiger partial charge in [-0.3, -0.25) is 0 Å². The Balaban J connectivity index is 1.76. The summed E-state index contributed by atoms with van der Waals surface area (Å²) in [5.74, 6) is 3.04. The highest BCUT2D eigenvalue weighted by atomic mass is 15.1. The Hall–Kier alpha value is -0.990. The Kier molecular flexibility index (Phi) is 3.08. The molecular weight excluding hydrogens is 210 g/mol. The van der Waals surface area contributed by atoms with Crippen LogP contribution in [-0.4, -0.2) is 9.55 Å². The quantitative estimate of drug-likeness (QED) is 0.853. The van der Waals surface area contributed by atoms with E-state index in [9.17, 15) is 0 Å². The number of nitrogens with two attached hydrogens (primary N) is 1. The van der Waals surface area contributed by atoms with Gasteiger partial charge >= 0.3 is 0 Å². The Bertz CT molecular complexity index is 388.